The SMILES string of the molecule is CCc1nc(C(=O)N(C)C)nn1-c1c(Cl)cccc1Cl. The van der Waals surface area contributed by atoms with Crippen molar-refractivity contribution in [2.24, 2.45) is 0 Å². The molecular formula is C13H14Cl2N4O. The Bertz CT molecular complexity index is 632. The highest BCUT2D eigenvalue weighted by Crippen LogP contribution is 2.28. The van der Waals surface area contributed by atoms with E-state index in [1.807, 2.05) is 6.92 Å². The molecule has 0 N–H and O–H groups in total. The van der Waals surface area contributed by atoms with Crippen LogP contribution in [-0.2, 0) is 6.42 Å². The number of aryl methyl sites for hydroxylation is 1. The molecule has 1 heterocycles. The summed E-state index contributed by atoms with van der Waals surface area (Å²) >= 11 is 12.4. The Morgan fingerprint density at radius 1 is 1.30 bits per heavy atom. The Balaban J connectivity index is 2.60. The van der Waals surface area contributed by atoms with Crippen molar-refractivity contribution in [2.75, 3.05) is 14.1 Å². The monoisotopic (exact) mass is 312 g/mol. The van der Waals surface area contributed by atoms with Crippen LogP contribution in [0.15, 0.2) is 18.2 Å². The molecule has 0 fully saturated rings. The first kappa shape index (κ1) is 14.8. The minimum absolute atomic E-state index is 0.128. The minimum Gasteiger partial charge on any atom is -0.342 e. The summed E-state index contributed by atoms with van der Waals surface area (Å²) in [6.07, 6.45) is 0.606. The lowest BCUT2D eigenvalue weighted by Crippen LogP contribution is -2.23. The predicted octanol–water partition coefficient (Wildman–Crippen LogP) is 2.84. The molecule has 1 aromatic heterocycles. The fraction of sp³-hybridized carbons (Fsp3) is 0.308. The molecule has 1 amide bonds. The van der Waals surface area contributed by atoms with Crippen LogP contribution in [-0.4, -0.2) is 39.7 Å². The molecule has 5 nitrogen and oxygen atoms in total. The molecule has 0 atom stereocenters. The minimum atomic E-state index is -0.262. The summed E-state index contributed by atoms with van der Waals surface area (Å²) < 4.78 is 1.53. The quantitative estimate of drug-likeness (QED) is 0.875. The number of nitrogens with zero attached hydrogens (tertiary/aromatic N) is 4. The first-order valence-electron chi connectivity index (χ1n) is 6.07. The number of halogens is 2. The van der Waals surface area contributed by atoms with Gasteiger partial charge in [-0.2, -0.15) is 0 Å². The van der Waals surface area contributed by atoms with Gasteiger partial charge >= 0.3 is 0 Å². The van der Waals surface area contributed by atoms with Crippen LogP contribution in [0.3, 0.4) is 0 Å². The number of hydrogen-bond donors (Lipinski definition) is 0. The number of hydrogen-bond acceptors (Lipinski definition) is 3. The van der Waals surface area contributed by atoms with Crippen LogP contribution < -0.4 is 0 Å². The lowest BCUT2D eigenvalue weighted by Gasteiger charge is -2.08. The van der Waals surface area contributed by atoms with Gasteiger partial charge in [-0.15, -0.1) is 5.10 Å². The predicted molar refractivity (Wildman–Crippen MR) is 78.8 cm³/mol. The molecule has 1 aromatic carbocycles. The van der Waals surface area contributed by atoms with E-state index in [9.17, 15) is 4.79 Å². The van der Waals surface area contributed by atoms with E-state index in [2.05, 4.69) is 10.1 Å². The average molecular weight is 313 g/mol. The molecule has 2 rings (SSSR count). The zero-order chi connectivity index (χ0) is 14.9. The normalized spacial score (nSPS) is 10.7. The summed E-state index contributed by atoms with van der Waals surface area (Å²) in [5.74, 6) is 0.495. The molecule has 2 aromatic rings. The summed E-state index contributed by atoms with van der Waals surface area (Å²) in [6.45, 7) is 1.93. The van der Waals surface area contributed by atoms with Gasteiger partial charge in [0.15, 0.2) is 0 Å². The van der Waals surface area contributed by atoms with Gasteiger partial charge in [0, 0.05) is 20.5 Å². The summed E-state index contributed by atoms with van der Waals surface area (Å²) in [5, 5.41) is 5.16. The molecule has 0 aliphatic heterocycles. The summed E-state index contributed by atoms with van der Waals surface area (Å²) in [6, 6.07) is 5.19. The molecule has 0 unspecified atom stereocenters. The van der Waals surface area contributed by atoms with Crippen LogP contribution in [0, 0.1) is 0 Å². The van der Waals surface area contributed by atoms with Crippen LogP contribution in [0.25, 0.3) is 5.69 Å². The van der Waals surface area contributed by atoms with Gasteiger partial charge in [-0.3, -0.25) is 4.79 Å². The maximum Gasteiger partial charge on any atom is 0.293 e. The third-order valence-corrected chi connectivity index (χ3v) is 3.35. The third-order valence-electron chi connectivity index (χ3n) is 2.74. The molecule has 0 spiro atoms. The van der Waals surface area contributed by atoms with Crippen molar-refractivity contribution in [2.45, 2.75) is 13.3 Å². The van der Waals surface area contributed by atoms with Gasteiger partial charge in [0.25, 0.3) is 5.91 Å². The summed E-state index contributed by atoms with van der Waals surface area (Å²) in [7, 11) is 3.30. The third kappa shape index (κ3) is 2.64. The van der Waals surface area contributed by atoms with Crippen LogP contribution in [0.4, 0.5) is 0 Å². The second-order valence-corrected chi connectivity index (χ2v) is 5.20. The second kappa shape index (κ2) is 5.81. The van der Waals surface area contributed by atoms with Crippen molar-refractivity contribution >= 4 is 29.1 Å². The van der Waals surface area contributed by atoms with Gasteiger partial charge in [-0.25, -0.2) is 9.67 Å². The maximum absolute atomic E-state index is 11.9. The smallest absolute Gasteiger partial charge is 0.293 e. The molecule has 0 bridgehead atoms. The van der Waals surface area contributed by atoms with Crippen molar-refractivity contribution in [3.05, 3.63) is 39.9 Å². The highest BCUT2D eigenvalue weighted by atomic mass is 35.5. The number of amides is 1. The molecule has 0 saturated carbocycles. The molecular weight excluding hydrogens is 299 g/mol. The first-order chi connectivity index (χ1) is 9.45. The molecule has 106 valence electrons. The van der Waals surface area contributed by atoms with E-state index in [0.29, 0.717) is 28.0 Å². The second-order valence-electron chi connectivity index (χ2n) is 4.39. The van der Waals surface area contributed by atoms with Crippen molar-refractivity contribution in [3.63, 3.8) is 0 Å². The van der Waals surface area contributed by atoms with E-state index in [4.69, 9.17) is 23.2 Å². The molecule has 7 heteroatoms. The highest BCUT2D eigenvalue weighted by Gasteiger charge is 2.20. The van der Waals surface area contributed by atoms with E-state index < -0.39 is 0 Å². The Morgan fingerprint density at radius 2 is 1.90 bits per heavy atom. The Kier molecular flexibility index (Phi) is 4.30. The van der Waals surface area contributed by atoms with Gasteiger partial charge < -0.3 is 4.90 Å². The van der Waals surface area contributed by atoms with Crippen molar-refractivity contribution in [1.82, 2.24) is 19.7 Å². The van der Waals surface area contributed by atoms with E-state index >= 15 is 0 Å². The molecule has 0 aliphatic carbocycles. The van der Waals surface area contributed by atoms with Gasteiger partial charge in [0.05, 0.1) is 10.0 Å². The van der Waals surface area contributed by atoms with Gasteiger partial charge in [-0.1, -0.05) is 36.2 Å². The van der Waals surface area contributed by atoms with Gasteiger partial charge in [0.1, 0.15) is 11.5 Å². The first-order valence-corrected chi connectivity index (χ1v) is 6.83. The number of carbonyl (C=O) groups excluding carboxylic acids is 1. The molecule has 0 radical (unpaired) electrons. The number of para-hydroxylation sites is 1. The molecule has 0 aliphatic rings. The fourth-order valence-corrected chi connectivity index (χ4v) is 2.29. The van der Waals surface area contributed by atoms with Crippen molar-refractivity contribution in [3.8, 4) is 5.69 Å². The zero-order valence-corrected chi connectivity index (χ0v) is 12.9. The van der Waals surface area contributed by atoms with E-state index in [-0.39, 0.29) is 11.7 Å². The number of rotatable bonds is 3. The molecule has 20 heavy (non-hydrogen) atoms. The Labute approximate surface area is 127 Å². The Morgan fingerprint density at radius 3 is 2.40 bits per heavy atom. The fourth-order valence-electron chi connectivity index (χ4n) is 1.73. The largest absolute Gasteiger partial charge is 0.342 e. The van der Waals surface area contributed by atoms with Crippen LogP contribution in [0.5, 0.6) is 0 Å². The van der Waals surface area contributed by atoms with E-state index in [0.717, 1.165) is 0 Å². The highest BCUT2D eigenvalue weighted by molar-refractivity contribution is 6.37. The van der Waals surface area contributed by atoms with Crippen LogP contribution >= 0.6 is 23.2 Å². The van der Waals surface area contributed by atoms with Gasteiger partial charge in [-0.05, 0) is 12.1 Å². The van der Waals surface area contributed by atoms with Gasteiger partial charge in [0.2, 0.25) is 5.82 Å². The van der Waals surface area contributed by atoms with Crippen molar-refractivity contribution < 1.29 is 4.79 Å². The van der Waals surface area contributed by atoms with E-state index in [1.54, 1.807) is 32.3 Å². The Hall–Kier alpha value is -1.59. The lowest BCUT2D eigenvalue weighted by atomic mass is 10.3. The van der Waals surface area contributed by atoms with E-state index in [1.165, 1.54) is 9.58 Å². The molecule has 0 saturated heterocycles. The summed E-state index contributed by atoms with van der Waals surface area (Å²) in [4.78, 5) is 17.6. The van der Waals surface area contributed by atoms with Crippen LogP contribution in [0.1, 0.15) is 23.4 Å². The topological polar surface area (TPSA) is 51.0 Å². The number of benzene rings is 1. The summed E-state index contributed by atoms with van der Waals surface area (Å²) in [5.41, 5.74) is 0.540. The zero-order valence-electron chi connectivity index (χ0n) is 11.4. The lowest BCUT2D eigenvalue weighted by molar-refractivity contribution is 0.0816. The average Bonchev–Trinajstić information content (AvgIpc) is 2.81. The standard InChI is InChI=1S/C13H14Cl2N4O/c1-4-10-16-12(13(20)18(2)3)17-19(10)11-8(14)6-5-7-9(11)15/h5-7H,4H2,1-3H3. The number of carbonyl (C=O) groups is 1. The van der Waals surface area contributed by atoms with Crippen LogP contribution in [0.2, 0.25) is 10.0 Å². The number of aromatic nitrogens is 3. The maximum atomic E-state index is 11.9. The van der Waals surface area contributed by atoms with Crippen molar-refractivity contribution in [1.29, 1.82) is 0 Å².